The number of nitrogens with zero attached hydrogens (tertiary/aromatic N) is 3. The van der Waals surface area contributed by atoms with Gasteiger partial charge in [0.2, 0.25) is 0 Å². The predicted molar refractivity (Wildman–Crippen MR) is 94.5 cm³/mol. The van der Waals surface area contributed by atoms with E-state index in [0.29, 0.717) is 0 Å². The Morgan fingerprint density at radius 3 is 2.42 bits per heavy atom. The Morgan fingerprint density at radius 2 is 1.87 bits per heavy atom. The third-order valence-corrected chi connectivity index (χ3v) is 6.12. The molecular weight excluding hydrogens is 473 g/mol. The summed E-state index contributed by atoms with van der Waals surface area (Å²) in [7, 11) is -4.25. The molecular formula is C13H22N4NaO11P2-. The van der Waals surface area contributed by atoms with Gasteiger partial charge in [0, 0.05) is 20.3 Å². The van der Waals surface area contributed by atoms with E-state index in [1.54, 1.807) is 0 Å². The van der Waals surface area contributed by atoms with Crippen LogP contribution in [-0.2, 0) is 27.2 Å². The van der Waals surface area contributed by atoms with Gasteiger partial charge in [-0.05, 0) is 6.07 Å². The van der Waals surface area contributed by atoms with Gasteiger partial charge in [-0.15, -0.1) is 7.05 Å². The van der Waals surface area contributed by atoms with Crippen molar-refractivity contribution in [1.82, 2.24) is 9.55 Å². The van der Waals surface area contributed by atoms with Crippen LogP contribution in [0.15, 0.2) is 17.1 Å². The van der Waals surface area contributed by atoms with E-state index in [0.717, 1.165) is 10.8 Å². The molecule has 172 valence electrons. The molecule has 6 atom stereocenters. The van der Waals surface area contributed by atoms with Crippen LogP contribution in [0.1, 0.15) is 6.23 Å². The van der Waals surface area contributed by atoms with Crippen molar-refractivity contribution in [2.45, 2.75) is 24.5 Å². The maximum Gasteiger partial charge on any atom is 1.00 e. The van der Waals surface area contributed by atoms with Crippen LogP contribution in [-0.4, -0.2) is 70.0 Å². The maximum atomic E-state index is 11.9. The first-order chi connectivity index (χ1) is 13.6. The summed E-state index contributed by atoms with van der Waals surface area (Å²) < 4.78 is 42.0. The van der Waals surface area contributed by atoms with Gasteiger partial charge in [0.15, 0.2) is 13.0 Å². The summed E-state index contributed by atoms with van der Waals surface area (Å²) in [6.45, 7) is -1.44. The number of aromatic nitrogens is 2. The Kier molecular flexibility index (Phi) is 10.0. The number of anilines is 1. The van der Waals surface area contributed by atoms with Gasteiger partial charge in [0.05, 0.1) is 6.61 Å². The van der Waals surface area contributed by atoms with E-state index in [9.17, 15) is 33.9 Å². The van der Waals surface area contributed by atoms with Crippen LogP contribution in [0.3, 0.4) is 0 Å². The van der Waals surface area contributed by atoms with Crippen molar-refractivity contribution in [3.63, 3.8) is 0 Å². The van der Waals surface area contributed by atoms with Crippen molar-refractivity contribution < 1.29 is 81.3 Å². The Morgan fingerprint density at radius 1 is 1.29 bits per heavy atom. The molecule has 1 fully saturated rings. The van der Waals surface area contributed by atoms with Gasteiger partial charge in [-0.2, -0.15) is 4.98 Å². The summed E-state index contributed by atoms with van der Waals surface area (Å²) in [5, 5.41) is 20.1. The van der Waals surface area contributed by atoms with E-state index in [1.165, 1.54) is 20.2 Å². The Labute approximate surface area is 199 Å². The number of quaternary nitrogens is 1. The number of nitrogens with two attached hydrogens (primary N) is 1. The molecule has 1 aromatic heterocycles. The average Bonchev–Trinajstić information content (AvgIpc) is 2.85. The number of ether oxygens (including phenoxy) is 1. The van der Waals surface area contributed by atoms with Crippen LogP contribution < -0.4 is 50.8 Å². The van der Waals surface area contributed by atoms with Crippen molar-refractivity contribution in [1.29, 1.82) is 0 Å². The Hall–Kier alpha value is -0.220. The minimum atomic E-state index is -5.45. The molecule has 0 saturated carbocycles. The van der Waals surface area contributed by atoms with E-state index in [4.69, 9.17) is 10.5 Å². The largest absolute Gasteiger partial charge is 1.00 e. The third-order valence-electron chi connectivity index (χ3n) is 3.63. The first-order valence-corrected chi connectivity index (χ1v) is 11.2. The molecule has 0 aliphatic carbocycles. The summed E-state index contributed by atoms with van der Waals surface area (Å²) in [5.41, 5.74) is 4.48. The topological polar surface area (TPSA) is 219 Å². The van der Waals surface area contributed by atoms with E-state index >= 15 is 0 Å². The second kappa shape index (κ2) is 10.8. The number of aliphatic hydroxyl groups excluding tert-OH is 2. The molecule has 0 aromatic carbocycles. The monoisotopic (exact) mass is 495 g/mol. The smallest absolute Gasteiger partial charge is 0.756 e. The molecule has 2 heterocycles. The SMILES string of the molecule is [CH2-][N+](C)(C)COP(=O)([O-])OP(=O)([O-])OC[C@H]1O[C@@H](n2ccc(N)nc2=O)[C@H](O)[C@@H]1O.[Na+]. The number of phosphoric acid groups is 2. The Bertz CT molecular complexity index is 910. The van der Waals surface area contributed by atoms with Gasteiger partial charge in [0.25, 0.3) is 15.6 Å². The van der Waals surface area contributed by atoms with E-state index in [2.05, 4.69) is 25.4 Å². The van der Waals surface area contributed by atoms with Crippen LogP contribution in [0, 0.1) is 7.05 Å². The Balaban J connectivity index is 0.00000480. The second-order valence-electron chi connectivity index (χ2n) is 7.05. The first-order valence-electron chi connectivity index (χ1n) is 8.26. The van der Waals surface area contributed by atoms with Crippen LogP contribution in [0.2, 0.25) is 0 Å². The molecule has 31 heavy (non-hydrogen) atoms. The molecule has 1 saturated heterocycles. The molecule has 0 spiro atoms. The van der Waals surface area contributed by atoms with Crippen LogP contribution in [0.25, 0.3) is 0 Å². The summed E-state index contributed by atoms with van der Waals surface area (Å²) in [4.78, 5) is 38.7. The van der Waals surface area contributed by atoms with Crippen molar-refractivity contribution in [3.8, 4) is 0 Å². The zero-order valence-corrected chi connectivity index (χ0v) is 20.8. The summed E-state index contributed by atoms with van der Waals surface area (Å²) in [6, 6.07) is 1.24. The summed E-state index contributed by atoms with van der Waals surface area (Å²) in [6.07, 6.45) is -5.06. The fraction of sp³-hybridized carbons (Fsp3) is 0.615. The van der Waals surface area contributed by atoms with Crippen molar-refractivity contribution in [2.24, 2.45) is 0 Å². The number of rotatable bonds is 9. The normalized spacial score (nSPS) is 27.8. The van der Waals surface area contributed by atoms with Gasteiger partial charge in [0.1, 0.15) is 24.1 Å². The minimum Gasteiger partial charge on any atom is -0.756 e. The number of hydrogen-bond acceptors (Lipinski definition) is 13. The van der Waals surface area contributed by atoms with E-state index < -0.39 is 59.2 Å². The fourth-order valence-corrected chi connectivity index (χ4v) is 4.42. The average molecular weight is 495 g/mol. The van der Waals surface area contributed by atoms with Crippen molar-refractivity contribution in [3.05, 3.63) is 29.8 Å². The fourth-order valence-electron chi connectivity index (χ4n) is 2.28. The number of nitrogen functional groups attached to an aromatic ring is 1. The molecule has 1 aromatic rings. The molecule has 2 rings (SSSR count). The van der Waals surface area contributed by atoms with Crippen LogP contribution in [0.5, 0.6) is 0 Å². The third kappa shape index (κ3) is 8.57. The minimum absolute atomic E-state index is 0. The molecule has 0 amide bonds. The van der Waals surface area contributed by atoms with Crippen molar-refractivity contribution >= 4 is 21.5 Å². The molecule has 2 unspecified atom stereocenters. The van der Waals surface area contributed by atoms with Crippen LogP contribution >= 0.6 is 15.6 Å². The summed E-state index contributed by atoms with van der Waals surface area (Å²) >= 11 is 0. The zero-order valence-electron chi connectivity index (χ0n) is 17.0. The second-order valence-corrected chi connectivity index (χ2v) is 10.0. The number of phosphoric ester groups is 2. The van der Waals surface area contributed by atoms with Gasteiger partial charge in [-0.3, -0.25) is 18.2 Å². The quantitative estimate of drug-likeness (QED) is 0.0957. The van der Waals surface area contributed by atoms with Crippen molar-refractivity contribution in [2.75, 3.05) is 33.2 Å². The molecule has 0 radical (unpaired) electrons. The molecule has 4 N–H and O–H groups in total. The zero-order chi connectivity index (χ0) is 22.9. The first kappa shape index (κ1) is 28.8. The van der Waals surface area contributed by atoms with Crippen LogP contribution in [0.4, 0.5) is 5.82 Å². The molecule has 15 nitrogen and oxygen atoms in total. The molecule has 1 aliphatic heterocycles. The standard InChI is InChI=1S/C13H24N4O11P2.Na/c1-17(2,3)7-26-30(23,24)28-29(21,22)25-6-8-10(18)11(19)12(27-8)16-5-4-9(14)15-13(16)20;/h4-5,8,10-12,18-19H,1,6-7H2,2-3H3,(H,21,22)(H,23,24)(H2,14,15,20);/q;+1/p-2/t8-,10-,11-,12-;/m1./s1. The predicted octanol–water partition coefficient (Wildman–Crippen LogP) is -5.74. The number of hydrogen-bond donors (Lipinski definition) is 3. The van der Waals surface area contributed by atoms with Gasteiger partial charge >= 0.3 is 35.2 Å². The van der Waals surface area contributed by atoms with E-state index in [1.807, 2.05) is 0 Å². The summed E-state index contributed by atoms with van der Waals surface area (Å²) in [5.74, 6) is -0.0843. The maximum absolute atomic E-state index is 11.9. The van der Waals surface area contributed by atoms with Gasteiger partial charge in [-0.25, -0.2) is 9.11 Å². The molecule has 1 aliphatic rings. The van der Waals surface area contributed by atoms with E-state index in [-0.39, 0.29) is 39.9 Å². The molecule has 0 bridgehead atoms. The van der Waals surface area contributed by atoms with Gasteiger partial charge < -0.3 is 39.5 Å². The van der Waals surface area contributed by atoms with Gasteiger partial charge in [-0.1, -0.05) is 0 Å². The molecule has 18 heteroatoms. The number of aliphatic hydroxyl groups is 2.